The molecule has 1 aromatic rings. The summed E-state index contributed by atoms with van der Waals surface area (Å²) < 4.78 is -6.12. The maximum atomic E-state index is 5.75. The molecule has 0 saturated carbocycles. The molecule has 0 bridgehead atoms. The van der Waals surface area contributed by atoms with Gasteiger partial charge in [-0.2, -0.15) is 0 Å². The van der Waals surface area contributed by atoms with E-state index in [0.29, 0.717) is 0 Å². The number of nitrogens with zero attached hydrogens (tertiary/aromatic N) is 3. The molecule has 12 heteroatoms. The molecule has 0 saturated heterocycles. The lowest BCUT2D eigenvalue weighted by Gasteiger charge is -2.23. The van der Waals surface area contributed by atoms with Crippen molar-refractivity contribution in [1.29, 1.82) is 0 Å². The highest BCUT2D eigenvalue weighted by Crippen LogP contribution is 2.51. The molecule has 0 aliphatic rings. The first-order valence-electron chi connectivity index (χ1n) is 3.80. The standard InChI is InChI=1S/C6Cl9N3/c7-4(8,9)1-2(5(10,11)12)16-18-17-3(1)6(13,14)15. The van der Waals surface area contributed by atoms with Crippen molar-refractivity contribution in [2.75, 3.05) is 0 Å². The van der Waals surface area contributed by atoms with Gasteiger partial charge in [0.15, 0.2) is 0 Å². The first-order valence-corrected chi connectivity index (χ1v) is 7.20. The molecule has 0 radical (unpaired) electrons. The van der Waals surface area contributed by atoms with Crippen LogP contribution in [0.4, 0.5) is 0 Å². The Bertz CT molecular complexity index is 411. The summed E-state index contributed by atoms with van der Waals surface area (Å²) in [5, 5.41) is 10.3. The van der Waals surface area contributed by atoms with Crippen LogP contribution < -0.4 is 0 Å². The number of rotatable bonds is 0. The van der Waals surface area contributed by atoms with Crippen LogP contribution in [-0.2, 0) is 11.4 Å². The molecule has 1 heterocycles. The Hall–Kier alpha value is 1.62. The second-order valence-corrected chi connectivity index (χ2v) is 9.70. The maximum Gasteiger partial charge on any atom is 0.234 e. The third-order valence-corrected chi connectivity index (χ3v) is 3.22. The van der Waals surface area contributed by atoms with E-state index in [-0.39, 0.29) is 17.0 Å². The molecule has 0 spiro atoms. The van der Waals surface area contributed by atoms with Crippen molar-refractivity contribution in [1.82, 2.24) is 15.4 Å². The second-order valence-electron chi connectivity index (χ2n) is 2.85. The van der Waals surface area contributed by atoms with Gasteiger partial charge in [-0.05, 0) is 5.21 Å². The van der Waals surface area contributed by atoms with Crippen molar-refractivity contribution in [3.63, 3.8) is 0 Å². The van der Waals surface area contributed by atoms with E-state index in [0.717, 1.165) is 0 Å². The Morgan fingerprint density at radius 3 is 1.11 bits per heavy atom. The lowest BCUT2D eigenvalue weighted by molar-refractivity contribution is 0.754. The normalized spacial score (nSPS) is 13.8. The highest BCUT2D eigenvalue weighted by Gasteiger charge is 2.44. The SMILES string of the molecule is ClC(Cl)(Cl)c1nnnc(C(Cl)(Cl)Cl)c1C(Cl)(Cl)Cl. The first-order chi connectivity index (χ1) is 7.85. The Morgan fingerprint density at radius 1 is 0.556 bits per heavy atom. The molecule has 1 aromatic heterocycles. The van der Waals surface area contributed by atoms with Gasteiger partial charge in [0, 0.05) is 0 Å². The van der Waals surface area contributed by atoms with E-state index >= 15 is 0 Å². The van der Waals surface area contributed by atoms with E-state index in [1.165, 1.54) is 0 Å². The molecular formula is C6Cl9N3. The van der Waals surface area contributed by atoms with Gasteiger partial charge in [-0.1, -0.05) is 104 Å². The summed E-state index contributed by atoms with van der Waals surface area (Å²) in [6.45, 7) is 0. The Balaban J connectivity index is 3.68. The zero-order valence-corrected chi connectivity index (χ0v) is 14.5. The lowest BCUT2D eigenvalue weighted by atomic mass is 10.2. The van der Waals surface area contributed by atoms with Crippen LogP contribution in [0.3, 0.4) is 0 Å². The molecule has 1 rings (SSSR count). The number of aromatic nitrogens is 3. The van der Waals surface area contributed by atoms with Gasteiger partial charge in [0.05, 0.1) is 5.56 Å². The van der Waals surface area contributed by atoms with Gasteiger partial charge >= 0.3 is 0 Å². The van der Waals surface area contributed by atoms with Gasteiger partial charge in [-0.15, -0.1) is 10.2 Å². The molecule has 0 aliphatic heterocycles. The zero-order valence-electron chi connectivity index (χ0n) is 7.74. The fourth-order valence-electron chi connectivity index (χ4n) is 0.989. The molecule has 102 valence electrons. The highest BCUT2D eigenvalue weighted by molar-refractivity contribution is 6.70. The third-order valence-electron chi connectivity index (χ3n) is 1.58. The third kappa shape index (κ3) is 4.31. The largest absolute Gasteiger partial charge is 0.234 e. The molecule has 0 aromatic carbocycles. The maximum absolute atomic E-state index is 5.75. The molecule has 18 heavy (non-hydrogen) atoms. The minimum Gasteiger partial charge on any atom is -0.130 e. The average molecular weight is 433 g/mol. The Labute approximate surface area is 147 Å². The molecule has 0 fully saturated rings. The number of alkyl halides is 9. The van der Waals surface area contributed by atoms with E-state index in [2.05, 4.69) is 15.4 Å². The lowest BCUT2D eigenvalue weighted by Crippen LogP contribution is -2.23. The molecule has 0 N–H and O–H groups in total. The zero-order chi connectivity index (χ0) is 14.4. The van der Waals surface area contributed by atoms with Crippen LogP contribution in [0, 0.1) is 0 Å². The minimum atomic E-state index is -2.07. The molecule has 0 aliphatic carbocycles. The second kappa shape index (κ2) is 5.78. The monoisotopic (exact) mass is 429 g/mol. The van der Waals surface area contributed by atoms with E-state index in [9.17, 15) is 0 Å². The van der Waals surface area contributed by atoms with Crippen LogP contribution in [-0.4, -0.2) is 15.4 Å². The fraction of sp³-hybridized carbons (Fsp3) is 0.500. The summed E-state index contributed by atoms with van der Waals surface area (Å²) in [6, 6.07) is 0. The van der Waals surface area contributed by atoms with Gasteiger partial charge in [0.2, 0.25) is 11.4 Å². The molecular weight excluding hydrogens is 433 g/mol. The highest BCUT2D eigenvalue weighted by atomic mass is 35.6. The van der Waals surface area contributed by atoms with E-state index in [1.54, 1.807) is 0 Å². The molecule has 0 unspecified atom stereocenters. The van der Waals surface area contributed by atoms with Crippen molar-refractivity contribution in [2.24, 2.45) is 0 Å². The average Bonchev–Trinajstić information content (AvgIpc) is 2.12. The number of halogens is 9. The minimum absolute atomic E-state index is 0.248. The summed E-state index contributed by atoms with van der Waals surface area (Å²) in [5.74, 6) is 0. The van der Waals surface area contributed by atoms with Crippen molar-refractivity contribution < 1.29 is 0 Å². The van der Waals surface area contributed by atoms with Gasteiger partial charge in [0.1, 0.15) is 11.4 Å². The summed E-state index contributed by atoms with van der Waals surface area (Å²) in [5.41, 5.74) is -0.824. The summed E-state index contributed by atoms with van der Waals surface area (Å²) in [7, 11) is 0. The first kappa shape index (κ1) is 17.7. The van der Waals surface area contributed by atoms with Crippen LogP contribution >= 0.6 is 104 Å². The van der Waals surface area contributed by atoms with Gasteiger partial charge in [-0.3, -0.25) is 0 Å². The van der Waals surface area contributed by atoms with E-state index in [4.69, 9.17) is 104 Å². The van der Waals surface area contributed by atoms with Gasteiger partial charge in [-0.25, -0.2) is 0 Å². The topological polar surface area (TPSA) is 38.7 Å². The van der Waals surface area contributed by atoms with Crippen molar-refractivity contribution in [3.05, 3.63) is 17.0 Å². The van der Waals surface area contributed by atoms with Crippen LogP contribution in [0.15, 0.2) is 0 Å². The van der Waals surface area contributed by atoms with Crippen LogP contribution in [0.2, 0.25) is 0 Å². The van der Waals surface area contributed by atoms with Crippen molar-refractivity contribution in [3.8, 4) is 0 Å². The number of hydrogen-bond donors (Lipinski definition) is 0. The van der Waals surface area contributed by atoms with E-state index in [1.807, 2.05) is 0 Å². The van der Waals surface area contributed by atoms with E-state index < -0.39 is 11.4 Å². The summed E-state index contributed by atoms with van der Waals surface area (Å²) in [6.07, 6.45) is 0. The Kier molecular flexibility index (Phi) is 5.68. The van der Waals surface area contributed by atoms with Crippen molar-refractivity contribution >= 4 is 104 Å². The van der Waals surface area contributed by atoms with Gasteiger partial charge < -0.3 is 0 Å². The van der Waals surface area contributed by atoms with Crippen LogP contribution in [0.1, 0.15) is 17.0 Å². The fourth-order valence-corrected chi connectivity index (χ4v) is 2.32. The summed E-state index contributed by atoms with van der Waals surface area (Å²) >= 11 is 51.4. The van der Waals surface area contributed by atoms with Crippen LogP contribution in [0.25, 0.3) is 0 Å². The Morgan fingerprint density at radius 2 is 0.889 bits per heavy atom. The quantitative estimate of drug-likeness (QED) is 0.518. The smallest absolute Gasteiger partial charge is 0.130 e. The predicted molar refractivity (Wildman–Crippen MR) is 77.5 cm³/mol. The molecule has 0 amide bonds. The number of hydrogen-bond acceptors (Lipinski definition) is 3. The van der Waals surface area contributed by atoms with Crippen molar-refractivity contribution in [2.45, 2.75) is 11.4 Å². The van der Waals surface area contributed by atoms with Gasteiger partial charge in [0.25, 0.3) is 0 Å². The summed E-state index contributed by atoms with van der Waals surface area (Å²) in [4.78, 5) is 0. The molecule has 3 nitrogen and oxygen atoms in total. The van der Waals surface area contributed by atoms with Crippen LogP contribution in [0.5, 0.6) is 0 Å². The predicted octanol–water partition coefficient (Wildman–Crippen LogP) is 5.35. The molecule has 0 atom stereocenters.